The molecule has 0 bridgehead atoms. The van der Waals surface area contributed by atoms with Crippen molar-refractivity contribution in [3.05, 3.63) is 23.8 Å². The number of nitrogens with zero attached hydrogens (tertiary/aromatic N) is 1. The van der Waals surface area contributed by atoms with Gasteiger partial charge in [0.1, 0.15) is 5.75 Å². The van der Waals surface area contributed by atoms with Crippen LogP contribution in [-0.2, 0) is 9.59 Å². The monoisotopic (exact) mass is 233 g/mol. The third kappa shape index (κ3) is 2.30. The highest BCUT2D eigenvalue weighted by Gasteiger charge is 2.25. The molecular weight excluding hydrogens is 218 g/mol. The summed E-state index contributed by atoms with van der Waals surface area (Å²) in [6, 6.07) is 4.86. The molecule has 4 nitrogen and oxygen atoms in total. The molecule has 1 N–H and O–H groups in total. The van der Waals surface area contributed by atoms with Gasteiger partial charge in [-0.25, -0.2) is 0 Å². The Hall–Kier alpha value is -1.84. The molecule has 0 unspecified atom stereocenters. The lowest BCUT2D eigenvalue weighted by molar-refractivity contribution is -0.125. The van der Waals surface area contributed by atoms with Crippen molar-refractivity contribution in [2.45, 2.75) is 32.6 Å². The Bertz CT molecular complexity index is 450. The van der Waals surface area contributed by atoms with Gasteiger partial charge in [-0.15, -0.1) is 0 Å². The summed E-state index contributed by atoms with van der Waals surface area (Å²) in [5.74, 6) is -0.265. The zero-order valence-corrected chi connectivity index (χ0v) is 9.77. The van der Waals surface area contributed by atoms with Crippen molar-refractivity contribution >= 4 is 17.5 Å². The summed E-state index contributed by atoms with van der Waals surface area (Å²) in [5.41, 5.74) is 1.19. The van der Waals surface area contributed by atoms with E-state index in [2.05, 4.69) is 0 Å². The fourth-order valence-corrected chi connectivity index (χ4v) is 1.94. The molecule has 0 saturated carbocycles. The number of phenolic OH excluding ortho intramolecular Hbond substituents is 1. The van der Waals surface area contributed by atoms with Gasteiger partial charge in [0.2, 0.25) is 11.8 Å². The summed E-state index contributed by atoms with van der Waals surface area (Å²) in [6.45, 7) is 1.77. The number of imide groups is 1. The van der Waals surface area contributed by atoms with E-state index in [-0.39, 0.29) is 17.6 Å². The van der Waals surface area contributed by atoms with Crippen molar-refractivity contribution in [2.24, 2.45) is 0 Å². The van der Waals surface area contributed by atoms with Crippen molar-refractivity contribution in [1.29, 1.82) is 0 Å². The highest BCUT2D eigenvalue weighted by atomic mass is 16.3. The van der Waals surface area contributed by atoms with Crippen molar-refractivity contribution in [2.75, 3.05) is 4.90 Å². The Labute approximate surface area is 99.9 Å². The molecule has 0 atom stereocenters. The molecule has 1 aromatic carbocycles. The predicted molar refractivity (Wildman–Crippen MR) is 63.8 cm³/mol. The third-order valence-electron chi connectivity index (χ3n) is 2.98. The van der Waals surface area contributed by atoms with E-state index < -0.39 is 0 Å². The molecule has 0 radical (unpaired) electrons. The van der Waals surface area contributed by atoms with Gasteiger partial charge in [-0.2, -0.15) is 0 Å². The van der Waals surface area contributed by atoms with E-state index in [1.807, 2.05) is 0 Å². The number of aromatic hydroxyl groups is 1. The Balaban J connectivity index is 2.38. The molecular formula is C13H15NO3. The van der Waals surface area contributed by atoms with Crippen LogP contribution in [0, 0.1) is 6.92 Å². The van der Waals surface area contributed by atoms with Crippen molar-refractivity contribution < 1.29 is 14.7 Å². The first-order chi connectivity index (χ1) is 8.09. The number of hydrogen-bond donors (Lipinski definition) is 1. The largest absolute Gasteiger partial charge is 0.508 e. The summed E-state index contributed by atoms with van der Waals surface area (Å²) < 4.78 is 0. The number of benzene rings is 1. The zero-order chi connectivity index (χ0) is 12.4. The van der Waals surface area contributed by atoms with Gasteiger partial charge in [-0.05, 0) is 31.4 Å². The van der Waals surface area contributed by atoms with Gasteiger partial charge in [-0.1, -0.05) is 6.07 Å². The van der Waals surface area contributed by atoms with E-state index in [0.29, 0.717) is 18.5 Å². The minimum Gasteiger partial charge on any atom is -0.508 e. The van der Waals surface area contributed by atoms with Crippen molar-refractivity contribution in [3.8, 4) is 5.75 Å². The number of amides is 2. The maximum Gasteiger partial charge on any atom is 0.233 e. The van der Waals surface area contributed by atoms with Gasteiger partial charge in [0.25, 0.3) is 0 Å². The fourth-order valence-electron chi connectivity index (χ4n) is 1.94. The Morgan fingerprint density at radius 1 is 1.12 bits per heavy atom. The second-order valence-electron chi connectivity index (χ2n) is 4.30. The number of anilines is 1. The second kappa shape index (κ2) is 4.57. The van der Waals surface area contributed by atoms with E-state index in [0.717, 1.165) is 18.4 Å². The van der Waals surface area contributed by atoms with E-state index >= 15 is 0 Å². The molecule has 4 heteroatoms. The quantitative estimate of drug-likeness (QED) is 0.756. The van der Waals surface area contributed by atoms with Gasteiger partial charge in [-0.3, -0.25) is 14.5 Å². The molecule has 1 aliphatic rings. The SMILES string of the molecule is Cc1ccc(N2C(=O)CCCCC2=O)cc1O. The van der Waals surface area contributed by atoms with Gasteiger partial charge in [0.05, 0.1) is 5.69 Å². The molecule has 1 aromatic rings. The number of carbonyl (C=O) groups excluding carboxylic acids is 2. The minimum atomic E-state index is -0.184. The predicted octanol–water partition coefficient (Wildman–Crippen LogP) is 2.13. The fraction of sp³-hybridized carbons (Fsp3) is 0.385. The summed E-state index contributed by atoms with van der Waals surface area (Å²) >= 11 is 0. The van der Waals surface area contributed by atoms with Crippen LogP contribution in [0.25, 0.3) is 0 Å². The summed E-state index contributed by atoms with van der Waals surface area (Å²) in [4.78, 5) is 24.9. The lowest BCUT2D eigenvalue weighted by Gasteiger charge is -2.19. The first-order valence-corrected chi connectivity index (χ1v) is 5.75. The Morgan fingerprint density at radius 2 is 1.71 bits per heavy atom. The molecule has 1 aliphatic heterocycles. The van der Waals surface area contributed by atoms with Gasteiger partial charge < -0.3 is 5.11 Å². The molecule has 17 heavy (non-hydrogen) atoms. The average Bonchev–Trinajstić information content (AvgIpc) is 2.45. The van der Waals surface area contributed by atoms with E-state index in [1.165, 1.54) is 11.0 Å². The first kappa shape index (κ1) is 11.6. The number of rotatable bonds is 1. The highest BCUT2D eigenvalue weighted by molar-refractivity contribution is 6.15. The maximum atomic E-state index is 11.8. The topological polar surface area (TPSA) is 57.6 Å². The molecule has 2 rings (SSSR count). The van der Waals surface area contributed by atoms with E-state index in [4.69, 9.17) is 0 Å². The molecule has 0 aliphatic carbocycles. The molecule has 1 heterocycles. The smallest absolute Gasteiger partial charge is 0.233 e. The third-order valence-corrected chi connectivity index (χ3v) is 2.98. The van der Waals surface area contributed by atoms with Crippen LogP contribution in [0.15, 0.2) is 18.2 Å². The second-order valence-corrected chi connectivity index (χ2v) is 4.30. The molecule has 0 spiro atoms. The minimum absolute atomic E-state index is 0.104. The molecule has 1 saturated heterocycles. The number of hydrogen-bond acceptors (Lipinski definition) is 3. The maximum absolute atomic E-state index is 11.8. The lowest BCUT2D eigenvalue weighted by Crippen LogP contribution is -2.35. The highest BCUT2D eigenvalue weighted by Crippen LogP contribution is 2.27. The van der Waals surface area contributed by atoms with E-state index in [9.17, 15) is 14.7 Å². The standard InChI is InChI=1S/C13H15NO3/c1-9-6-7-10(8-11(9)15)14-12(16)4-2-3-5-13(14)17/h6-8,15H,2-5H2,1H3. The van der Waals surface area contributed by atoms with E-state index in [1.54, 1.807) is 19.1 Å². The zero-order valence-electron chi connectivity index (χ0n) is 9.77. The van der Waals surface area contributed by atoms with Crippen LogP contribution in [0.5, 0.6) is 5.75 Å². The molecule has 90 valence electrons. The molecule has 1 fully saturated rings. The summed E-state index contributed by atoms with van der Waals surface area (Å²) in [5, 5.41) is 9.62. The number of phenols is 1. The van der Waals surface area contributed by atoms with Crippen LogP contribution in [0.4, 0.5) is 5.69 Å². The number of aryl methyl sites for hydroxylation is 1. The molecule has 2 amide bonds. The van der Waals surface area contributed by atoms with Gasteiger partial charge >= 0.3 is 0 Å². The van der Waals surface area contributed by atoms with Crippen molar-refractivity contribution in [3.63, 3.8) is 0 Å². The average molecular weight is 233 g/mol. The summed E-state index contributed by atoms with van der Waals surface area (Å²) in [6.07, 6.45) is 2.28. The normalized spacial score (nSPS) is 17.1. The van der Waals surface area contributed by atoms with Crippen LogP contribution in [0.1, 0.15) is 31.2 Å². The Kier molecular flexibility index (Phi) is 3.13. The first-order valence-electron chi connectivity index (χ1n) is 5.75. The van der Waals surface area contributed by atoms with Gasteiger partial charge in [0, 0.05) is 18.9 Å². The van der Waals surface area contributed by atoms with Crippen LogP contribution in [0.3, 0.4) is 0 Å². The van der Waals surface area contributed by atoms with Crippen LogP contribution < -0.4 is 4.90 Å². The van der Waals surface area contributed by atoms with Crippen LogP contribution in [0.2, 0.25) is 0 Å². The van der Waals surface area contributed by atoms with Crippen LogP contribution >= 0.6 is 0 Å². The molecule has 0 aromatic heterocycles. The summed E-state index contributed by atoms with van der Waals surface area (Å²) in [7, 11) is 0. The van der Waals surface area contributed by atoms with Crippen LogP contribution in [-0.4, -0.2) is 16.9 Å². The number of carbonyl (C=O) groups is 2. The van der Waals surface area contributed by atoms with Gasteiger partial charge in [0.15, 0.2) is 0 Å². The lowest BCUT2D eigenvalue weighted by atomic mass is 10.2. The Morgan fingerprint density at radius 3 is 2.24 bits per heavy atom. The van der Waals surface area contributed by atoms with Crippen molar-refractivity contribution in [1.82, 2.24) is 0 Å².